The van der Waals surface area contributed by atoms with Crippen LogP contribution in [-0.2, 0) is 6.61 Å². The number of carbonyl (C=O) groups excluding carboxylic acids is 1. The highest BCUT2D eigenvalue weighted by atomic mass is 19.1. The molecule has 5 aromatic rings. The van der Waals surface area contributed by atoms with Gasteiger partial charge >= 0.3 is 0 Å². The van der Waals surface area contributed by atoms with Gasteiger partial charge in [-0.05, 0) is 60.5 Å². The van der Waals surface area contributed by atoms with Gasteiger partial charge in [-0.1, -0.05) is 36.4 Å². The summed E-state index contributed by atoms with van der Waals surface area (Å²) in [6, 6.07) is 19.1. The highest BCUT2D eigenvalue weighted by Gasteiger charge is 2.20. The van der Waals surface area contributed by atoms with Crippen molar-refractivity contribution in [3.05, 3.63) is 107 Å². The zero-order valence-corrected chi connectivity index (χ0v) is 19.1. The number of aryl methyl sites for hydroxylation is 2. The predicted octanol–water partition coefficient (Wildman–Crippen LogP) is 5.72. The van der Waals surface area contributed by atoms with Crippen LogP contribution in [0, 0.1) is 25.5 Å². The summed E-state index contributed by atoms with van der Waals surface area (Å²) in [5, 5.41) is 2.14. The number of carbonyl (C=O) groups is 1. The SMILES string of the molecule is Cc1cc(OCc2c(F)cccc2F)c2nc(C)c(C(=O)NNc3ccc4ccccc4c3)n2c1. The number of nitrogens with one attached hydrogen (secondary N) is 2. The quantitative estimate of drug-likeness (QED) is 0.310. The second-order valence-corrected chi connectivity index (χ2v) is 8.25. The van der Waals surface area contributed by atoms with E-state index in [0.717, 1.165) is 22.0 Å². The lowest BCUT2D eigenvalue weighted by Gasteiger charge is -2.12. The van der Waals surface area contributed by atoms with E-state index in [2.05, 4.69) is 15.8 Å². The molecule has 0 saturated carbocycles. The van der Waals surface area contributed by atoms with E-state index >= 15 is 0 Å². The fraction of sp³-hybridized carbons (Fsp3) is 0.111. The molecule has 2 heterocycles. The van der Waals surface area contributed by atoms with Gasteiger partial charge in [0.15, 0.2) is 11.4 Å². The van der Waals surface area contributed by atoms with Crippen LogP contribution in [0.5, 0.6) is 5.75 Å². The van der Waals surface area contributed by atoms with E-state index in [1.165, 1.54) is 18.2 Å². The number of hydrogen-bond donors (Lipinski definition) is 2. The predicted molar refractivity (Wildman–Crippen MR) is 130 cm³/mol. The molecule has 0 fully saturated rings. The van der Waals surface area contributed by atoms with Crippen LogP contribution in [0.4, 0.5) is 14.5 Å². The van der Waals surface area contributed by atoms with Crippen molar-refractivity contribution < 1.29 is 18.3 Å². The van der Waals surface area contributed by atoms with Crippen molar-refractivity contribution in [2.24, 2.45) is 0 Å². The standard InChI is InChI=1S/C27H22F2N4O2/c1-16-12-24(35-15-21-22(28)8-5-9-23(21)29)26-30-17(2)25(33(26)14-16)27(34)32-31-20-11-10-18-6-3-4-7-19(18)13-20/h3-14,31H,15H2,1-2H3,(H,32,34). The number of imidazole rings is 1. The first-order valence-corrected chi connectivity index (χ1v) is 11.0. The van der Waals surface area contributed by atoms with Gasteiger partial charge in [-0.15, -0.1) is 0 Å². The first kappa shape index (κ1) is 22.3. The lowest BCUT2D eigenvalue weighted by atomic mass is 10.1. The summed E-state index contributed by atoms with van der Waals surface area (Å²) in [6.45, 7) is 3.24. The van der Waals surface area contributed by atoms with Gasteiger partial charge in [-0.2, -0.15) is 0 Å². The Morgan fingerprint density at radius 1 is 0.971 bits per heavy atom. The third-order valence-electron chi connectivity index (χ3n) is 5.72. The Kier molecular flexibility index (Phi) is 5.78. The van der Waals surface area contributed by atoms with E-state index < -0.39 is 11.6 Å². The van der Waals surface area contributed by atoms with Gasteiger partial charge in [-0.3, -0.25) is 20.0 Å². The third-order valence-corrected chi connectivity index (χ3v) is 5.72. The van der Waals surface area contributed by atoms with Gasteiger partial charge in [0.1, 0.15) is 23.9 Å². The van der Waals surface area contributed by atoms with Crippen LogP contribution in [0.1, 0.15) is 27.3 Å². The van der Waals surface area contributed by atoms with Crippen LogP contribution in [0.2, 0.25) is 0 Å². The third kappa shape index (κ3) is 4.38. The van der Waals surface area contributed by atoms with E-state index in [4.69, 9.17) is 4.74 Å². The summed E-state index contributed by atoms with van der Waals surface area (Å²) in [5.74, 6) is -1.45. The van der Waals surface area contributed by atoms with Gasteiger partial charge < -0.3 is 4.74 Å². The molecule has 0 atom stereocenters. The number of halogens is 2. The van der Waals surface area contributed by atoms with Gasteiger partial charge in [0.05, 0.1) is 16.9 Å². The average molecular weight is 472 g/mol. The molecule has 2 aromatic heterocycles. The van der Waals surface area contributed by atoms with Crippen LogP contribution in [-0.4, -0.2) is 15.3 Å². The summed E-state index contributed by atoms with van der Waals surface area (Å²) in [5.41, 5.74) is 8.19. The molecule has 0 aliphatic rings. The maximum absolute atomic E-state index is 14.0. The topological polar surface area (TPSA) is 67.7 Å². The van der Waals surface area contributed by atoms with Crippen molar-refractivity contribution in [1.29, 1.82) is 0 Å². The average Bonchev–Trinajstić information content (AvgIpc) is 3.17. The maximum atomic E-state index is 14.0. The van der Waals surface area contributed by atoms with Crippen molar-refractivity contribution >= 4 is 28.0 Å². The summed E-state index contributed by atoms with van der Waals surface area (Å²) in [7, 11) is 0. The molecular formula is C27H22F2N4O2. The fourth-order valence-electron chi connectivity index (χ4n) is 4.01. The first-order chi connectivity index (χ1) is 16.9. The zero-order valence-electron chi connectivity index (χ0n) is 19.1. The minimum Gasteiger partial charge on any atom is -0.485 e. The Labute approximate surface area is 200 Å². The van der Waals surface area contributed by atoms with Gasteiger partial charge in [0.25, 0.3) is 5.91 Å². The van der Waals surface area contributed by atoms with Crippen molar-refractivity contribution in [2.75, 3.05) is 5.43 Å². The molecule has 0 spiro atoms. The fourth-order valence-corrected chi connectivity index (χ4v) is 4.01. The molecule has 3 aromatic carbocycles. The molecule has 8 heteroatoms. The van der Waals surface area contributed by atoms with E-state index in [0.29, 0.717) is 22.8 Å². The molecule has 0 bridgehead atoms. The molecule has 1 amide bonds. The van der Waals surface area contributed by atoms with Crippen molar-refractivity contribution in [2.45, 2.75) is 20.5 Å². The minimum absolute atomic E-state index is 0.173. The number of anilines is 1. The van der Waals surface area contributed by atoms with Crippen LogP contribution >= 0.6 is 0 Å². The Hall–Kier alpha value is -4.46. The number of ether oxygens (including phenoxy) is 1. The summed E-state index contributed by atoms with van der Waals surface area (Å²) in [4.78, 5) is 17.6. The first-order valence-electron chi connectivity index (χ1n) is 11.0. The molecule has 0 aliphatic heterocycles. The van der Waals surface area contributed by atoms with E-state index in [1.807, 2.05) is 49.4 Å². The normalized spacial score (nSPS) is 11.1. The molecule has 35 heavy (non-hydrogen) atoms. The van der Waals surface area contributed by atoms with Crippen LogP contribution in [0.3, 0.4) is 0 Å². The number of nitrogens with zero attached hydrogens (tertiary/aromatic N) is 2. The molecule has 6 nitrogen and oxygen atoms in total. The number of rotatable bonds is 6. The summed E-state index contributed by atoms with van der Waals surface area (Å²) < 4.78 is 35.4. The number of hydrogen-bond acceptors (Lipinski definition) is 4. The molecule has 5 rings (SSSR count). The van der Waals surface area contributed by atoms with Crippen LogP contribution in [0.15, 0.2) is 72.9 Å². The highest BCUT2D eigenvalue weighted by molar-refractivity contribution is 5.96. The number of hydrazine groups is 1. The number of aromatic nitrogens is 2. The lowest BCUT2D eigenvalue weighted by molar-refractivity contribution is 0.0956. The molecule has 0 aliphatic carbocycles. The minimum atomic E-state index is -0.687. The summed E-state index contributed by atoms with van der Waals surface area (Å²) in [6.07, 6.45) is 1.76. The van der Waals surface area contributed by atoms with Crippen molar-refractivity contribution in [3.8, 4) is 5.75 Å². The van der Waals surface area contributed by atoms with Crippen LogP contribution in [0.25, 0.3) is 16.4 Å². The molecule has 0 radical (unpaired) electrons. The summed E-state index contributed by atoms with van der Waals surface area (Å²) >= 11 is 0. The van der Waals surface area contributed by atoms with E-state index in [-0.39, 0.29) is 18.1 Å². The Morgan fingerprint density at radius 2 is 1.71 bits per heavy atom. The smallest absolute Gasteiger partial charge is 0.288 e. The van der Waals surface area contributed by atoms with Gasteiger partial charge in [0, 0.05) is 6.20 Å². The van der Waals surface area contributed by atoms with Crippen LogP contribution < -0.4 is 15.6 Å². The molecule has 0 unspecified atom stereocenters. The second kappa shape index (κ2) is 9.06. The Bertz CT molecular complexity index is 1560. The number of fused-ring (bicyclic) bond motifs is 2. The molecular weight excluding hydrogens is 450 g/mol. The van der Waals surface area contributed by atoms with E-state index in [9.17, 15) is 13.6 Å². The monoisotopic (exact) mass is 472 g/mol. The van der Waals surface area contributed by atoms with Crippen molar-refractivity contribution in [1.82, 2.24) is 14.8 Å². The zero-order chi connectivity index (χ0) is 24.5. The lowest BCUT2D eigenvalue weighted by Crippen LogP contribution is -2.30. The Morgan fingerprint density at radius 3 is 2.49 bits per heavy atom. The molecule has 2 N–H and O–H groups in total. The molecule has 176 valence electrons. The van der Waals surface area contributed by atoms with E-state index in [1.54, 1.807) is 23.6 Å². The van der Waals surface area contributed by atoms with Gasteiger partial charge in [-0.25, -0.2) is 13.8 Å². The number of pyridine rings is 1. The highest BCUT2D eigenvalue weighted by Crippen LogP contribution is 2.26. The number of amides is 1. The second-order valence-electron chi connectivity index (χ2n) is 8.25. The maximum Gasteiger partial charge on any atom is 0.288 e. The van der Waals surface area contributed by atoms with Gasteiger partial charge in [0.2, 0.25) is 0 Å². The largest absolute Gasteiger partial charge is 0.485 e. The number of benzene rings is 3. The van der Waals surface area contributed by atoms with Crippen molar-refractivity contribution in [3.63, 3.8) is 0 Å². The Balaban J connectivity index is 1.40. The molecule has 0 saturated heterocycles.